The first kappa shape index (κ1) is 16.3. The van der Waals surface area contributed by atoms with E-state index < -0.39 is 0 Å². The van der Waals surface area contributed by atoms with Gasteiger partial charge >= 0.3 is 0 Å². The molecule has 0 bridgehead atoms. The molecule has 1 amide bonds. The lowest BCUT2D eigenvalue weighted by molar-refractivity contribution is -0.120. The van der Waals surface area contributed by atoms with Gasteiger partial charge in [0.25, 0.3) is 0 Å². The number of benzene rings is 1. The first-order chi connectivity index (χ1) is 13.8. The first-order valence-electron chi connectivity index (χ1n) is 8.84. The Hall–Kier alpha value is -3.88. The molecule has 1 aliphatic heterocycles. The third kappa shape index (κ3) is 2.92. The van der Waals surface area contributed by atoms with Crippen molar-refractivity contribution >= 4 is 28.3 Å². The number of nitrogens with one attached hydrogen (secondary N) is 1. The van der Waals surface area contributed by atoms with Crippen LogP contribution in [0, 0.1) is 5.92 Å². The molecule has 0 spiro atoms. The van der Waals surface area contributed by atoms with Gasteiger partial charge in [-0.3, -0.25) is 9.78 Å². The van der Waals surface area contributed by atoms with Crippen LogP contribution in [-0.2, 0) is 4.79 Å². The van der Waals surface area contributed by atoms with Crippen LogP contribution in [0.1, 0.15) is 0 Å². The molecular weight excluding hydrogens is 356 g/mol. The van der Waals surface area contributed by atoms with Crippen molar-refractivity contribution in [2.75, 3.05) is 23.3 Å². The third-order valence-electron chi connectivity index (χ3n) is 4.76. The van der Waals surface area contributed by atoms with E-state index in [0.29, 0.717) is 18.9 Å². The van der Waals surface area contributed by atoms with E-state index in [1.165, 1.54) is 12.7 Å². The number of aromatic nitrogens is 6. The highest BCUT2D eigenvalue weighted by molar-refractivity contribution is 6.01. The van der Waals surface area contributed by atoms with Gasteiger partial charge in [-0.15, -0.1) is 0 Å². The Morgan fingerprint density at radius 3 is 2.75 bits per heavy atom. The average molecular weight is 372 g/mol. The Morgan fingerprint density at radius 1 is 1.04 bits per heavy atom. The molecule has 0 aliphatic carbocycles. The molecule has 5 rings (SSSR count). The van der Waals surface area contributed by atoms with Crippen molar-refractivity contribution in [2.24, 2.45) is 5.92 Å². The highest BCUT2D eigenvalue weighted by atomic mass is 16.2. The van der Waals surface area contributed by atoms with Gasteiger partial charge in [-0.05, 0) is 12.1 Å². The van der Waals surface area contributed by atoms with Crippen molar-refractivity contribution in [3.05, 3.63) is 61.6 Å². The number of fused-ring (bicyclic) bond motifs is 1. The highest BCUT2D eigenvalue weighted by Crippen LogP contribution is 2.26. The van der Waals surface area contributed by atoms with Gasteiger partial charge in [0, 0.05) is 30.7 Å². The molecule has 9 nitrogen and oxygen atoms in total. The number of hydrogen-bond acceptors (Lipinski definition) is 7. The number of rotatable bonds is 4. The van der Waals surface area contributed by atoms with Gasteiger partial charge < -0.3 is 10.2 Å². The summed E-state index contributed by atoms with van der Waals surface area (Å²) in [6.07, 6.45) is 6.25. The molecule has 4 heterocycles. The standard InChI is InChI=1S/C19H16N8O/c28-19(25-15-5-1-3-13-4-2-6-21-18(13)15)14-8-26(9-14)16-7-17(23-11-22-16)27-12-20-10-24-27/h1-7,10-12,14H,8-9H2,(H,25,28). The van der Waals surface area contributed by atoms with Crippen LogP contribution in [0.2, 0.25) is 0 Å². The summed E-state index contributed by atoms with van der Waals surface area (Å²) in [7, 11) is 0. The maximum Gasteiger partial charge on any atom is 0.231 e. The summed E-state index contributed by atoms with van der Waals surface area (Å²) in [5, 5.41) is 8.08. The van der Waals surface area contributed by atoms with Crippen LogP contribution in [0.25, 0.3) is 16.7 Å². The van der Waals surface area contributed by atoms with Crippen LogP contribution in [0.4, 0.5) is 11.5 Å². The molecular formula is C19H16N8O. The highest BCUT2D eigenvalue weighted by Gasteiger charge is 2.34. The molecule has 0 radical (unpaired) electrons. The molecule has 1 aliphatic rings. The molecule has 0 saturated carbocycles. The summed E-state index contributed by atoms with van der Waals surface area (Å²) < 4.78 is 1.57. The van der Waals surface area contributed by atoms with Crippen LogP contribution in [0.5, 0.6) is 0 Å². The van der Waals surface area contributed by atoms with Crippen LogP contribution in [0.3, 0.4) is 0 Å². The van der Waals surface area contributed by atoms with Crippen molar-refractivity contribution in [2.45, 2.75) is 0 Å². The number of para-hydroxylation sites is 1. The van der Waals surface area contributed by atoms with Gasteiger partial charge in [0.1, 0.15) is 24.8 Å². The Balaban J connectivity index is 1.27. The number of carbonyl (C=O) groups excluding carboxylic acids is 1. The van der Waals surface area contributed by atoms with Crippen molar-refractivity contribution in [3.8, 4) is 5.82 Å². The lowest BCUT2D eigenvalue weighted by Crippen LogP contribution is -2.52. The number of carbonyl (C=O) groups is 1. The zero-order valence-corrected chi connectivity index (χ0v) is 14.8. The average Bonchev–Trinajstić information content (AvgIpc) is 3.22. The maximum absolute atomic E-state index is 12.6. The second-order valence-electron chi connectivity index (χ2n) is 6.55. The Labute approximate surface area is 160 Å². The SMILES string of the molecule is O=C(Nc1cccc2cccnc12)C1CN(c2cc(-n3cncn3)ncn2)C1. The van der Waals surface area contributed by atoms with Crippen molar-refractivity contribution in [1.82, 2.24) is 29.7 Å². The van der Waals surface area contributed by atoms with Crippen molar-refractivity contribution in [1.29, 1.82) is 0 Å². The molecule has 0 atom stereocenters. The van der Waals surface area contributed by atoms with Gasteiger partial charge in [-0.25, -0.2) is 19.6 Å². The van der Waals surface area contributed by atoms with Gasteiger partial charge in [0.15, 0.2) is 5.82 Å². The monoisotopic (exact) mass is 372 g/mol. The van der Waals surface area contributed by atoms with E-state index >= 15 is 0 Å². The predicted molar refractivity (Wildman–Crippen MR) is 103 cm³/mol. The number of pyridine rings is 1. The Kier molecular flexibility index (Phi) is 3.90. The van der Waals surface area contributed by atoms with E-state index in [-0.39, 0.29) is 11.8 Å². The summed E-state index contributed by atoms with van der Waals surface area (Å²) in [5.41, 5.74) is 1.53. The summed E-state index contributed by atoms with van der Waals surface area (Å²) in [6.45, 7) is 1.19. The van der Waals surface area contributed by atoms with Crippen molar-refractivity contribution < 1.29 is 4.79 Å². The van der Waals surface area contributed by atoms with E-state index in [0.717, 1.165) is 22.4 Å². The summed E-state index contributed by atoms with van der Waals surface area (Å²) in [5.74, 6) is 1.28. The Morgan fingerprint density at radius 2 is 1.89 bits per heavy atom. The molecule has 1 saturated heterocycles. The fourth-order valence-corrected chi connectivity index (χ4v) is 3.23. The fourth-order valence-electron chi connectivity index (χ4n) is 3.23. The van der Waals surface area contributed by atoms with Crippen LogP contribution >= 0.6 is 0 Å². The van der Waals surface area contributed by atoms with E-state index in [4.69, 9.17) is 0 Å². The number of amides is 1. The van der Waals surface area contributed by atoms with E-state index in [2.05, 4.69) is 30.4 Å². The van der Waals surface area contributed by atoms with Gasteiger partial charge in [-0.2, -0.15) is 5.10 Å². The number of anilines is 2. The maximum atomic E-state index is 12.6. The fraction of sp³-hybridized carbons (Fsp3) is 0.158. The van der Waals surface area contributed by atoms with Crippen LogP contribution in [-0.4, -0.2) is 48.7 Å². The van der Waals surface area contributed by atoms with Crippen LogP contribution in [0.15, 0.2) is 61.6 Å². The molecule has 28 heavy (non-hydrogen) atoms. The normalized spacial score (nSPS) is 14.1. The number of hydrogen-bond donors (Lipinski definition) is 1. The minimum atomic E-state index is -0.108. The summed E-state index contributed by atoms with van der Waals surface area (Å²) in [6, 6.07) is 11.5. The predicted octanol–water partition coefficient (Wildman–Crippen LogP) is 1.68. The van der Waals surface area contributed by atoms with Crippen molar-refractivity contribution in [3.63, 3.8) is 0 Å². The quantitative estimate of drug-likeness (QED) is 0.581. The first-order valence-corrected chi connectivity index (χ1v) is 8.84. The topological polar surface area (TPSA) is 102 Å². The summed E-state index contributed by atoms with van der Waals surface area (Å²) in [4.78, 5) is 31.5. The zero-order valence-electron chi connectivity index (χ0n) is 14.8. The van der Waals surface area contributed by atoms with E-state index in [1.54, 1.807) is 17.2 Å². The minimum Gasteiger partial charge on any atom is -0.355 e. The van der Waals surface area contributed by atoms with Crippen LogP contribution < -0.4 is 10.2 Å². The van der Waals surface area contributed by atoms with Gasteiger partial charge in [0.2, 0.25) is 5.91 Å². The summed E-state index contributed by atoms with van der Waals surface area (Å²) >= 11 is 0. The van der Waals surface area contributed by atoms with Gasteiger partial charge in [-0.1, -0.05) is 18.2 Å². The molecule has 3 aromatic heterocycles. The third-order valence-corrected chi connectivity index (χ3v) is 4.76. The molecule has 1 fully saturated rings. The molecule has 1 N–H and O–H groups in total. The van der Waals surface area contributed by atoms with Gasteiger partial charge in [0.05, 0.1) is 17.1 Å². The minimum absolute atomic E-state index is 0.0139. The molecule has 9 heteroatoms. The largest absolute Gasteiger partial charge is 0.355 e. The molecule has 1 aromatic carbocycles. The second kappa shape index (κ2) is 6.69. The van der Waals surface area contributed by atoms with E-state index in [1.807, 2.05) is 41.3 Å². The molecule has 4 aromatic rings. The molecule has 138 valence electrons. The number of nitrogens with zero attached hydrogens (tertiary/aromatic N) is 7. The Bertz CT molecular complexity index is 1130. The molecule has 0 unspecified atom stereocenters. The lowest BCUT2D eigenvalue weighted by atomic mass is 9.99. The van der Waals surface area contributed by atoms with E-state index in [9.17, 15) is 4.79 Å². The zero-order chi connectivity index (χ0) is 18.9. The lowest BCUT2D eigenvalue weighted by Gasteiger charge is -2.39. The smallest absolute Gasteiger partial charge is 0.231 e. The second-order valence-corrected chi connectivity index (χ2v) is 6.55.